The van der Waals surface area contributed by atoms with Crippen molar-refractivity contribution in [3.8, 4) is 0 Å². The summed E-state index contributed by atoms with van der Waals surface area (Å²) in [6.45, 7) is 2.71. The second-order valence-electron chi connectivity index (χ2n) is 4.59. The molecule has 0 amide bonds. The highest BCUT2D eigenvalue weighted by atomic mass is 79.9. The molecular formula is C14H15BrClF2O3PS. The molecule has 0 saturated carbocycles. The molecule has 0 radical (unpaired) electrons. The molecule has 3 nitrogen and oxygen atoms in total. The van der Waals surface area contributed by atoms with Crippen molar-refractivity contribution in [3.05, 3.63) is 33.1 Å². The Morgan fingerprint density at radius 1 is 1.26 bits per heavy atom. The zero-order chi connectivity index (χ0) is 17.3. The lowest BCUT2D eigenvalue weighted by Crippen LogP contribution is -2.19. The van der Waals surface area contributed by atoms with E-state index in [2.05, 4.69) is 15.9 Å². The van der Waals surface area contributed by atoms with Crippen molar-refractivity contribution in [2.45, 2.75) is 25.4 Å². The van der Waals surface area contributed by atoms with Crippen LogP contribution in [0.2, 0.25) is 0 Å². The quantitative estimate of drug-likeness (QED) is 0.349. The van der Waals surface area contributed by atoms with Crippen LogP contribution in [0.1, 0.15) is 24.3 Å². The molecule has 0 bridgehead atoms. The third kappa shape index (κ3) is 3.65. The SMILES string of the molecule is CCOP(=O)(OCC)C(F)(F)c1cc2cc(CCl)sc2cc1Br. The highest BCUT2D eigenvalue weighted by Gasteiger charge is 2.55. The molecule has 1 aromatic heterocycles. The summed E-state index contributed by atoms with van der Waals surface area (Å²) in [6, 6.07) is 4.61. The molecule has 23 heavy (non-hydrogen) atoms. The summed E-state index contributed by atoms with van der Waals surface area (Å²) in [7, 11) is -4.64. The van der Waals surface area contributed by atoms with Crippen LogP contribution in [0, 0.1) is 0 Å². The molecule has 9 heteroatoms. The second-order valence-corrected chi connectivity index (χ2v) is 8.95. The van der Waals surface area contributed by atoms with E-state index in [4.69, 9.17) is 20.6 Å². The zero-order valence-electron chi connectivity index (χ0n) is 12.4. The van der Waals surface area contributed by atoms with Crippen molar-refractivity contribution < 1.29 is 22.4 Å². The molecule has 0 aliphatic carbocycles. The number of alkyl halides is 3. The van der Waals surface area contributed by atoms with Crippen LogP contribution in [0.5, 0.6) is 0 Å². The molecular weight excluding hydrogens is 433 g/mol. The number of halogens is 4. The standard InChI is InChI=1S/C14H15BrClF2O3PS/c1-3-20-22(19,21-4-2)14(17,18)11-6-9-5-10(8-16)23-13(9)7-12(11)15/h5-7H,3-4,8H2,1-2H3. The van der Waals surface area contributed by atoms with Crippen LogP contribution in [-0.2, 0) is 25.2 Å². The lowest BCUT2D eigenvalue weighted by Gasteiger charge is -2.26. The van der Waals surface area contributed by atoms with Gasteiger partial charge in [-0.3, -0.25) is 4.57 Å². The summed E-state index contributed by atoms with van der Waals surface area (Å²) in [4.78, 5) is 0.867. The number of thiophene rings is 1. The Bertz CT molecular complexity index is 743. The number of benzene rings is 1. The van der Waals surface area contributed by atoms with Crippen LogP contribution >= 0.6 is 46.5 Å². The van der Waals surface area contributed by atoms with Crippen molar-refractivity contribution >= 4 is 56.5 Å². The summed E-state index contributed by atoms with van der Waals surface area (Å²) in [5.41, 5.74) is -4.19. The molecule has 0 saturated heterocycles. The maximum atomic E-state index is 14.9. The van der Waals surface area contributed by atoms with E-state index >= 15 is 0 Å². The Morgan fingerprint density at radius 2 is 1.87 bits per heavy atom. The van der Waals surface area contributed by atoms with Crippen molar-refractivity contribution in [1.82, 2.24) is 0 Å². The van der Waals surface area contributed by atoms with Crippen LogP contribution in [0.15, 0.2) is 22.7 Å². The molecule has 1 aromatic carbocycles. The van der Waals surface area contributed by atoms with Crippen molar-refractivity contribution in [2.24, 2.45) is 0 Å². The maximum absolute atomic E-state index is 14.9. The molecule has 0 N–H and O–H groups in total. The smallest absolute Gasteiger partial charge is 0.304 e. The fourth-order valence-corrected chi connectivity index (χ4v) is 5.73. The fraction of sp³-hybridized carbons (Fsp3) is 0.429. The highest BCUT2D eigenvalue weighted by molar-refractivity contribution is 9.10. The van der Waals surface area contributed by atoms with Gasteiger partial charge in [0.05, 0.1) is 19.1 Å². The number of rotatable bonds is 7. The van der Waals surface area contributed by atoms with Crippen LogP contribution in [0.25, 0.3) is 10.1 Å². The number of hydrogen-bond acceptors (Lipinski definition) is 4. The molecule has 128 valence electrons. The van der Waals surface area contributed by atoms with E-state index < -0.39 is 18.8 Å². The Morgan fingerprint density at radius 3 is 2.39 bits per heavy atom. The van der Waals surface area contributed by atoms with Crippen molar-refractivity contribution in [1.29, 1.82) is 0 Å². The monoisotopic (exact) mass is 446 g/mol. The Labute approximate surface area is 150 Å². The van der Waals surface area contributed by atoms with E-state index in [0.29, 0.717) is 11.3 Å². The lowest BCUT2D eigenvalue weighted by molar-refractivity contribution is 0.0356. The van der Waals surface area contributed by atoms with Crippen molar-refractivity contribution in [3.63, 3.8) is 0 Å². The molecule has 0 spiro atoms. The molecule has 0 aliphatic rings. The van der Waals surface area contributed by atoms with Crippen LogP contribution in [-0.4, -0.2) is 13.2 Å². The third-order valence-electron chi connectivity index (χ3n) is 3.05. The average Bonchev–Trinajstić information content (AvgIpc) is 2.88. The molecule has 2 aromatic rings. The summed E-state index contributed by atoms with van der Waals surface area (Å²) in [6.07, 6.45) is 0. The number of fused-ring (bicyclic) bond motifs is 1. The number of hydrogen-bond donors (Lipinski definition) is 0. The van der Waals surface area contributed by atoms with Crippen LogP contribution < -0.4 is 0 Å². The first-order valence-electron chi connectivity index (χ1n) is 6.84. The van der Waals surface area contributed by atoms with Gasteiger partial charge in [0.25, 0.3) is 0 Å². The molecule has 2 rings (SSSR count). The van der Waals surface area contributed by atoms with Gasteiger partial charge in [-0.1, -0.05) is 15.9 Å². The summed E-state index contributed by atoms with van der Waals surface area (Å²) < 4.78 is 53.0. The predicted octanol–water partition coefficient (Wildman–Crippen LogP) is 6.72. The van der Waals surface area contributed by atoms with E-state index in [-0.39, 0.29) is 17.7 Å². The van der Waals surface area contributed by atoms with Crippen LogP contribution in [0.3, 0.4) is 0 Å². The maximum Gasteiger partial charge on any atom is 0.404 e. The third-order valence-corrected chi connectivity index (χ3v) is 7.38. The van der Waals surface area contributed by atoms with E-state index in [1.165, 1.54) is 31.3 Å². The highest BCUT2D eigenvalue weighted by Crippen LogP contribution is 2.67. The molecule has 0 unspecified atom stereocenters. The van der Waals surface area contributed by atoms with Gasteiger partial charge < -0.3 is 9.05 Å². The van der Waals surface area contributed by atoms with Gasteiger partial charge in [-0.15, -0.1) is 22.9 Å². The topological polar surface area (TPSA) is 35.5 Å². The van der Waals surface area contributed by atoms with Crippen LogP contribution in [0.4, 0.5) is 8.78 Å². The van der Waals surface area contributed by atoms with Gasteiger partial charge >= 0.3 is 13.3 Å². The zero-order valence-corrected chi connectivity index (χ0v) is 16.5. The Balaban J connectivity index is 2.59. The largest absolute Gasteiger partial charge is 0.404 e. The van der Waals surface area contributed by atoms with E-state index in [1.807, 2.05) is 0 Å². The molecule has 1 heterocycles. The van der Waals surface area contributed by atoms with E-state index in [0.717, 1.165) is 9.58 Å². The first-order chi connectivity index (χ1) is 10.8. The van der Waals surface area contributed by atoms with Gasteiger partial charge in [0.15, 0.2) is 0 Å². The minimum absolute atomic E-state index is 0.137. The normalized spacial score (nSPS) is 13.0. The fourth-order valence-electron chi connectivity index (χ4n) is 2.10. The van der Waals surface area contributed by atoms with Gasteiger partial charge in [-0.25, -0.2) is 0 Å². The second kappa shape index (κ2) is 7.46. The summed E-state index contributed by atoms with van der Waals surface area (Å²) in [5, 5.41) is 0.614. The average molecular weight is 448 g/mol. The van der Waals surface area contributed by atoms with Gasteiger partial charge in [0, 0.05) is 19.6 Å². The minimum atomic E-state index is -4.64. The minimum Gasteiger partial charge on any atom is -0.304 e. The summed E-state index contributed by atoms with van der Waals surface area (Å²) in [5.74, 6) is 0.305. The first-order valence-corrected chi connectivity index (χ1v) is 10.5. The molecule has 0 aliphatic heterocycles. The van der Waals surface area contributed by atoms with Gasteiger partial charge in [-0.2, -0.15) is 8.78 Å². The van der Waals surface area contributed by atoms with Crippen molar-refractivity contribution in [2.75, 3.05) is 13.2 Å². The Hall–Kier alpha value is -0.0400. The van der Waals surface area contributed by atoms with E-state index in [9.17, 15) is 13.3 Å². The van der Waals surface area contributed by atoms with Gasteiger partial charge in [0.1, 0.15) is 0 Å². The van der Waals surface area contributed by atoms with Gasteiger partial charge in [-0.05, 0) is 37.4 Å². The predicted molar refractivity (Wildman–Crippen MR) is 93.8 cm³/mol. The molecule has 0 atom stereocenters. The van der Waals surface area contributed by atoms with Gasteiger partial charge in [0.2, 0.25) is 0 Å². The molecule has 0 fully saturated rings. The summed E-state index contributed by atoms with van der Waals surface area (Å²) >= 11 is 10.3. The lowest BCUT2D eigenvalue weighted by atomic mass is 10.1. The Kier molecular flexibility index (Phi) is 6.26. The van der Waals surface area contributed by atoms with E-state index in [1.54, 1.807) is 12.1 Å². The first kappa shape index (κ1) is 19.3.